The number of piperidine rings is 1. The SMILES string of the molecule is CC(C)(C)c1cc(C(=O)N2CCCC(c3ncc(Cc4ccccc4)o3)C2)n[nH]1. The molecule has 0 bridgehead atoms. The van der Waals surface area contributed by atoms with Crippen LogP contribution in [0.4, 0.5) is 0 Å². The molecule has 3 heterocycles. The Labute approximate surface area is 171 Å². The van der Waals surface area contributed by atoms with Crippen LogP contribution in [0.25, 0.3) is 0 Å². The molecule has 0 saturated carbocycles. The Hall–Kier alpha value is -2.89. The normalized spacial score (nSPS) is 17.5. The number of hydrogen-bond donors (Lipinski definition) is 1. The molecule has 152 valence electrons. The van der Waals surface area contributed by atoms with Crippen LogP contribution in [0.1, 0.15) is 72.9 Å². The van der Waals surface area contributed by atoms with E-state index in [4.69, 9.17) is 4.42 Å². The standard InChI is InChI=1S/C23H28N4O2/c1-23(2,3)20-13-19(25-26-20)22(28)27-11-7-10-17(15-27)21-24-14-18(29-21)12-16-8-5-4-6-9-16/h4-6,8-9,13-14,17H,7,10-12,15H2,1-3H3,(H,25,26). The molecule has 1 unspecified atom stereocenters. The summed E-state index contributed by atoms with van der Waals surface area (Å²) >= 11 is 0. The molecule has 1 aromatic carbocycles. The van der Waals surface area contributed by atoms with Crippen molar-refractivity contribution in [2.45, 2.75) is 51.4 Å². The van der Waals surface area contributed by atoms with Crippen molar-refractivity contribution in [3.8, 4) is 0 Å². The number of carbonyl (C=O) groups excluding carboxylic acids is 1. The maximum atomic E-state index is 13.0. The highest BCUT2D eigenvalue weighted by Crippen LogP contribution is 2.28. The molecule has 1 aliphatic rings. The molecule has 1 saturated heterocycles. The summed E-state index contributed by atoms with van der Waals surface area (Å²) in [6, 6.07) is 12.1. The number of rotatable bonds is 4. The lowest BCUT2D eigenvalue weighted by Crippen LogP contribution is -2.39. The number of amides is 1. The third-order valence-electron chi connectivity index (χ3n) is 5.46. The predicted molar refractivity (Wildman–Crippen MR) is 111 cm³/mol. The number of oxazole rings is 1. The summed E-state index contributed by atoms with van der Waals surface area (Å²) in [6.45, 7) is 7.65. The Morgan fingerprint density at radius 2 is 2.07 bits per heavy atom. The van der Waals surface area contributed by atoms with Crippen LogP contribution in [0.5, 0.6) is 0 Å². The van der Waals surface area contributed by atoms with Gasteiger partial charge < -0.3 is 9.32 Å². The van der Waals surface area contributed by atoms with E-state index >= 15 is 0 Å². The third kappa shape index (κ3) is 4.42. The van der Waals surface area contributed by atoms with E-state index < -0.39 is 0 Å². The monoisotopic (exact) mass is 392 g/mol. The van der Waals surface area contributed by atoms with Crippen molar-refractivity contribution in [1.82, 2.24) is 20.1 Å². The summed E-state index contributed by atoms with van der Waals surface area (Å²) in [6.07, 6.45) is 4.45. The molecule has 1 N–H and O–H groups in total. The maximum Gasteiger partial charge on any atom is 0.274 e. The van der Waals surface area contributed by atoms with E-state index in [-0.39, 0.29) is 17.2 Å². The fourth-order valence-electron chi connectivity index (χ4n) is 3.73. The van der Waals surface area contributed by atoms with Gasteiger partial charge in [0.25, 0.3) is 5.91 Å². The Balaban J connectivity index is 1.43. The Morgan fingerprint density at radius 3 is 2.79 bits per heavy atom. The van der Waals surface area contributed by atoms with Gasteiger partial charge in [-0.05, 0) is 24.5 Å². The number of benzene rings is 1. The van der Waals surface area contributed by atoms with E-state index in [1.165, 1.54) is 5.56 Å². The Kier molecular flexibility index (Phi) is 5.26. The molecule has 1 fully saturated rings. The molecule has 3 aromatic rings. The number of likely N-dealkylation sites (tertiary alicyclic amines) is 1. The number of nitrogens with one attached hydrogen (secondary N) is 1. The van der Waals surface area contributed by atoms with Gasteiger partial charge in [-0.25, -0.2) is 4.98 Å². The van der Waals surface area contributed by atoms with Crippen LogP contribution in [-0.4, -0.2) is 39.1 Å². The number of nitrogens with zero attached hydrogens (tertiary/aromatic N) is 3. The van der Waals surface area contributed by atoms with E-state index in [9.17, 15) is 4.79 Å². The first-order valence-electron chi connectivity index (χ1n) is 10.2. The molecule has 0 radical (unpaired) electrons. The molecular formula is C23H28N4O2. The number of aromatic nitrogens is 3. The summed E-state index contributed by atoms with van der Waals surface area (Å²) in [5.74, 6) is 1.68. The van der Waals surface area contributed by atoms with E-state index in [2.05, 4.69) is 48.1 Å². The van der Waals surface area contributed by atoms with Crippen LogP contribution in [0.3, 0.4) is 0 Å². The average Bonchev–Trinajstić information content (AvgIpc) is 3.38. The average molecular weight is 393 g/mol. The zero-order chi connectivity index (χ0) is 20.4. The van der Waals surface area contributed by atoms with Crippen LogP contribution in [0.2, 0.25) is 0 Å². The lowest BCUT2D eigenvalue weighted by atomic mass is 9.92. The molecule has 6 heteroatoms. The molecule has 4 rings (SSSR count). The van der Waals surface area contributed by atoms with Crippen molar-refractivity contribution in [1.29, 1.82) is 0 Å². The minimum absolute atomic E-state index is 0.0301. The molecular weight excluding hydrogens is 364 g/mol. The molecule has 29 heavy (non-hydrogen) atoms. The van der Waals surface area contributed by atoms with Gasteiger partial charge in [0, 0.05) is 30.6 Å². The topological polar surface area (TPSA) is 75.0 Å². The summed E-state index contributed by atoms with van der Waals surface area (Å²) < 4.78 is 6.04. The molecule has 6 nitrogen and oxygen atoms in total. The van der Waals surface area contributed by atoms with Crippen molar-refractivity contribution < 1.29 is 9.21 Å². The van der Waals surface area contributed by atoms with Gasteiger partial charge >= 0.3 is 0 Å². The van der Waals surface area contributed by atoms with Crippen LogP contribution >= 0.6 is 0 Å². The second-order valence-corrected chi connectivity index (χ2v) is 8.83. The minimum Gasteiger partial charge on any atom is -0.445 e. The number of hydrogen-bond acceptors (Lipinski definition) is 4. The Morgan fingerprint density at radius 1 is 1.28 bits per heavy atom. The first kappa shape index (κ1) is 19.4. The maximum absolute atomic E-state index is 13.0. The van der Waals surface area contributed by atoms with Gasteiger partial charge in [0.05, 0.1) is 12.1 Å². The predicted octanol–water partition coefficient (Wildman–Crippen LogP) is 4.31. The molecule has 0 spiro atoms. The lowest BCUT2D eigenvalue weighted by Gasteiger charge is -2.30. The van der Waals surface area contributed by atoms with Gasteiger partial charge in [-0.2, -0.15) is 5.10 Å². The zero-order valence-electron chi connectivity index (χ0n) is 17.3. The van der Waals surface area contributed by atoms with Gasteiger partial charge in [-0.15, -0.1) is 0 Å². The smallest absolute Gasteiger partial charge is 0.274 e. The summed E-state index contributed by atoms with van der Waals surface area (Å²) in [5, 5.41) is 7.26. The van der Waals surface area contributed by atoms with E-state index in [0.29, 0.717) is 12.2 Å². The van der Waals surface area contributed by atoms with Crippen LogP contribution in [-0.2, 0) is 11.8 Å². The van der Waals surface area contributed by atoms with E-state index in [1.807, 2.05) is 35.4 Å². The minimum atomic E-state index is -0.0663. The van der Waals surface area contributed by atoms with Gasteiger partial charge in [-0.3, -0.25) is 9.89 Å². The molecule has 0 aliphatic carbocycles. The first-order valence-corrected chi connectivity index (χ1v) is 10.2. The lowest BCUT2D eigenvalue weighted by molar-refractivity contribution is 0.0692. The van der Waals surface area contributed by atoms with Crippen molar-refractivity contribution >= 4 is 5.91 Å². The summed E-state index contributed by atoms with van der Waals surface area (Å²) in [7, 11) is 0. The third-order valence-corrected chi connectivity index (χ3v) is 5.46. The Bertz CT molecular complexity index is 968. The van der Waals surface area contributed by atoms with Gasteiger partial charge in [0.15, 0.2) is 5.89 Å². The summed E-state index contributed by atoms with van der Waals surface area (Å²) in [4.78, 5) is 19.3. The summed E-state index contributed by atoms with van der Waals surface area (Å²) in [5.41, 5.74) is 2.58. The van der Waals surface area contributed by atoms with Crippen molar-refractivity contribution in [2.24, 2.45) is 0 Å². The van der Waals surface area contributed by atoms with Crippen LogP contribution in [0, 0.1) is 0 Å². The zero-order valence-corrected chi connectivity index (χ0v) is 17.3. The van der Waals surface area contributed by atoms with Crippen LogP contribution in [0.15, 0.2) is 47.0 Å². The fourth-order valence-corrected chi connectivity index (χ4v) is 3.73. The van der Waals surface area contributed by atoms with Crippen molar-refractivity contribution in [3.05, 3.63) is 71.2 Å². The first-order chi connectivity index (χ1) is 13.9. The van der Waals surface area contributed by atoms with Crippen molar-refractivity contribution in [2.75, 3.05) is 13.1 Å². The number of H-pyrrole nitrogens is 1. The fraction of sp³-hybridized carbons (Fsp3) is 0.435. The highest BCUT2D eigenvalue weighted by atomic mass is 16.4. The second-order valence-electron chi connectivity index (χ2n) is 8.83. The molecule has 1 amide bonds. The molecule has 2 aromatic heterocycles. The quantitative estimate of drug-likeness (QED) is 0.718. The van der Waals surface area contributed by atoms with E-state index in [0.717, 1.165) is 43.2 Å². The number of aromatic amines is 1. The highest BCUT2D eigenvalue weighted by Gasteiger charge is 2.30. The largest absolute Gasteiger partial charge is 0.445 e. The molecule has 1 aliphatic heterocycles. The van der Waals surface area contributed by atoms with Gasteiger partial charge in [0.1, 0.15) is 11.5 Å². The van der Waals surface area contributed by atoms with Crippen molar-refractivity contribution in [3.63, 3.8) is 0 Å². The van der Waals surface area contributed by atoms with Gasteiger partial charge in [-0.1, -0.05) is 51.1 Å². The molecule has 1 atom stereocenters. The number of carbonyl (C=O) groups is 1. The van der Waals surface area contributed by atoms with E-state index in [1.54, 1.807) is 0 Å². The van der Waals surface area contributed by atoms with Gasteiger partial charge in [0.2, 0.25) is 0 Å². The second kappa shape index (κ2) is 7.85. The highest BCUT2D eigenvalue weighted by molar-refractivity contribution is 5.92. The van der Waals surface area contributed by atoms with Crippen LogP contribution < -0.4 is 0 Å².